The van der Waals surface area contributed by atoms with Crippen LogP contribution in [-0.2, 0) is 0 Å². The molecule has 0 fully saturated rings. The third kappa shape index (κ3) is 7.75. The number of aliphatic hydroxyl groups excluding tert-OH is 1. The molecule has 0 rings (SSSR count). The molecule has 0 saturated heterocycles. The SMILES string of the molecule is CC(C)(CCCO)CN=C(N)N=C(N)N. The van der Waals surface area contributed by atoms with E-state index in [1.165, 1.54) is 0 Å². The third-order valence-electron chi connectivity index (χ3n) is 1.92. The van der Waals surface area contributed by atoms with Crippen molar-refractivity contribution in [3.05, 3.63) is 0 Å². The second kappa shape index (κ2) is 6.23. The van der Waals surface area contributed by atoms with Gasteiger partial charge in [-0.3, -0.25) is 4.99 Å². The van der Waals surface area contributed by atoms with Crippen molar-refractivity contribution in [2.45, 2.75) is 26.7 Å². The number of hydrogen-bond acceptors (Lipinski definition) is 2. The molecule has 0 bridgehead atoms. The van der Waals surface area contributed by atoms with E-state index in [-0.39, 0.29) is 23.9 Å². The number of nitrogens with zero attached hydrogens (tertiary/aromatic N) is 2. The van der Waals surface area contributed by atoms with Crippen LogP contribution in [0.25, 0.3) is 0 Å². The minimum atomic E-state index is -0.0931. The smallest absolute Gasteiger partial charge is 0.218 e. The molecule has 0 aliphatic carbocycles. The summed E-state index contributed by atoms with van der Waals surface area (Å²) >= 11 is 0. The van der Waals surface area contributed by atoms with E-state index < -0.39 is 0 Å². The van der Waals surface area contributed by atoms with E-state index in [1.807, 2.05) is 0 Å². The number of aliphatic imine (C=N–C) groups is 2. The molecule has 7 N–H and O–H groups in total. The molecule has 15 heavy (non-hydrogen) atoms. The van der Waals surface area contributed by atoms with E-state index in [0.717, 1.165) is 12.8 Å². The molecule has 0 aromatic rings. The molecule has 0 atom stereocenters. The molecule has 0 aliphatic rings. The van der Waals surface area contributed by atoms with Gasteiger partial charge in [0.05, 0.1) is 0 Å². The molecule has 0 heterocycles. The maximum Gasteiger partial charge on any atom is 0.218 e. The average Bonchev–Trinajstić information content (AvgIpc) is 2.11. The van der Waals surface area contributed by atoms with Crippen molar-refractivity contribution in [1.29, 1.82) is 0 Å². The quantitative estimate of drug-likeness (QED) is 0.360. The summed E-state index contributed by atoms with van der Waals surface area (Å²) in [5.74, 6) is -0.00325. The van der Waals surface area contributed by atoms with E-state index in [4.69, 9.17) is 22.3 Å². The van der Waals surface area contributed by atoms with Crippen LogP contribution in [0.2, 0.25) is 0 Å². The lowest BCUT2D eigenvalue weighted by Gasteiger charge is -2.21. The van der Waals surface area contributed by atoms with Gasteiger partial charge in [-0.15, -0.1) is 0 Å². The first-order valence-corrected chi connectivity index (χ1v) is 4.88. The molecule has 0 amide bonds. The largest absolute Gasteiger partial charge is 0.396 e. The summed E-state index contributed by atoms with van der Waals surface area (Å²) in [6.07, 6.45) is 1.63. The van der Waals surface area contributed by atoms with Crippen molar-refractivity contribution >= 4 is 11.9 Å². The first kappa shape index (κ1) is 13.7. The fourth-order valence-electron chi connectivity index (χ4n) is 1.10. The molecule has 0 spiro atoms. The summed E-state index contributed by atoms with van der Waals surface area (Å²) in [5, 5.41) is 8.71. The molecule has 0 radical (unpaired) electrons. The fraction of sp³-hybridized carbons (Fsp3) is 0.778. The molecule has 6 heteroatoms. The predicted molar refractivity (Wildman–Crippen MR) is 62.4 cm³/mol. The van der Waals surface area contributed by atoms with Gasteiger partial charge in [-0.25, -0.2) is 0 Å². The Hall–Kier alpha value is -1.30. The Morgan fingerprint density at radius 1 is 1.27 bits per heavy atom. The normalized spacial score (nSPS) is 12.6. The van der Waals surface area contributed by atoms with Crippen molar-refractivity contribution < 1.29 is 5.11 Å². The van der Waals surface area contributed by atoms with Gasteiger partial charge < -0.3 is 22.3 Å². The molecular weight excluding hydrogens is 194 g/mol. The lowest BCUT2D eigenvalue weighted by atomic mass is 9.88. The van der Waals surface area contributed by atoms with E-state index in [2.05, 4.69) is 23.8 Å². The van der Waals surface area contributed by atoms with Gasteiger partial charge in [0, 0.05) is 13.2 Å². The zero-order chi connectivity index (χ0) is 11.9. The molecule has 0 saturated carbocycles. The van der Waals surface area contributed by atoms with Crippen molar-refractivity contribution in [3.8, 4) is 0 Å². The zero-order valence-electron chi connectivity index (χ0n) is 9.40. The molecule has 88 valence electrons. The summed E-state index contributed by atoms with van der Waals surface area (Å²) in [4.78, 5) is 7.67. The van der Waals surface area contributed by atoms with Crippen LogP contribution in [0.4, 0.5) is 0 Å². The third-order valence-corrected chi connectivity index (χ3v) is 1.92. The molecule has 0 unspecified atom stereocenters. The highest BCUT2D eigenvalue weighted by Gasteiger charge is 2.16. The highest BCUT2D eigenvalue weighted by atomic mass is 16.2. The molecule has 6 nitrogen and oxygen atoms in total. The van der Waals surface area contributed by atoms with Gasteiger partial charge in [0.2, 0.25) is 5.96 Å². The van der Waals surface area contributed by atoms with Crippen LogP contribution in [0.1, 0.15) is 26.7 Å². The van der Waals surface area contributed by atoms with Gasteiger partial charge in [-0.1, -0.05) is 13.8 Å². The lowest BCUT2D eigenvalue weighted by molar-refractivity contribution is 0.245. The van der Waals surface area contributed by atoms with Crippen LogP contribution in [0, 0.1) is 5.41 Å². The van der Waals surface area contributed by atoms with Crippen LogP contribution < -0.4 is 17.2 Å². The lowest BCUT2D eigenvalue weighted by Crippen LogP contribution is -2.27. The number of hydrogen-bond donors (Lipinski definition) is 4. The van der Waals surface area contributed by atoms with Crippen LogP contribution in [0.5, 0.6) is 0 Å². The average molecular weight is 215 g/mol. The number of aliphatic hydroxyl groups is 1. The van der Waals surface area contributed by atoms with Gasteiger partial charge in [0.15, 0.2) is 5.96 Å². The molecular formula is C9H21N5O. The highest BCUT2D eigenvalue weighted by Crippen LogP contribution is 2.22. The molecule has 0 aromatic heterocycles. The van der Waals surface area contributed by atoms with Crippen LogP contribution >= 0.6 is 0 Å². The van der Waals surface area contributed by atoms with Gasteiger partial charge in [0.25, 0.3) is 0 Å². The number of nitrogens with two attached hydrogens (primary N) is 3. The van der Waals surface area contributed by atoms with E-state index in [1.54, 1.807) is 0 Å². The predicted octanol–water partition coefficient (Wildman–Crippen LogP) is -0.627. The fourth-order valence-corrected chi connectivity index (χ4v) is 1.10. The summed E-state index contributed by atoms with van der Waals surface area (Å²) < 4.78 is 0. The van der Waals surface area contributed by atoms with Crippen molar-refractivity contribution in [2.24, 2.45) is 32.6 Å². The standard InChI is InChI=1S/C9H21N5O/c1-9(2,4-3-5-15)6-13-8(12)14-7(10)11/h15H,3-6H2,1-2H3,(H6,10,11,12,13,14). The summed E-state index contributed by atoms with van der Waals surface area (Å²) in [6.45, 7) is 4.83. The number of guanidine groups is 2. The first-order chi connectivity index (χ1) is 6.87. The Morgan fingerprint density at radius 2 is 1.87 bits per heavy atom. The van der Waals surface area contributed by atoms with E-state index in [0.29, 0.717) is 6.54 Å². The minimum absolute atomic E-state index is 0.00771. The van der Waals surface area contributed by atoms with Gasteiger partial charge in [-0.05, 0) is 18.3 Å². The highest BCUT2D eigenvalue weighted by molar-refractivity contribution is 5.92. The Kier molecular flexibility index (Phi) is 5.69. The number of rotatable bonds is 5. The van der Waals surface area contributed by atoms with Gasteiger partial charge in [-0.2, -0.15) is 4.99 Å². The van der Waals surface area contributed by atoms with Crippen LogP contribution in [0.3, 0.4) is 0 Å². The van der Waals surface area contributed by atoms with Crippen LogP contribution in [0.15, 0.2) is 9.98 Å². The second-order valence-corrected chi connectivity index (χ2v) is 4.20. The zero-order valence-corrected chi connectivity index (χ0v) is 9.40. The summed E-state index contributed by atoms with van der Waals surface area (Å²) in [6, 6.07) is 0. The topological polar surface area (TPSA) is 123 Å². The van der Waals surface area contributed by atoms with E-state index in [9.17, 15) is 0 Å². The van der Waals surface area contributed by atoms with Crippen molar-refractivity contribution in [3.63, 3.8) is 0 Å². The van der Waals surface area contributed by atoms with Crippen molar-refractivity contribution in [1.82, 2.24) is 0 Å². The Balaban J connectivity index is 4.17. The Morgan fingerprint density at radius 3 is 2.33 bits per heavy atom. The maximum absolute atomic E-state index is 8.71. The summed E-state index contributed by atoms with van der Waals surface area (Å²) in [7, 11) is 0. The Labute approximate surface area is 90.3 Å². The monoisotopic (exact) mass is 215 g/mol. The first-order valence-electron chi connectivity index (χ1n) is 4.88. The van der Waals surface area contributed by atoms with Gasteiger partial charge >= 0.3 is 0 Å². The minimum Gasteiger partial charge on any atom is -0.396 e. The van der Waals surface area contributed by atoms with Crippen LogP contribution in [-0.4, -0.2) is 30.2 Å². The molecule has 0 aromatic carbocycles. The molecule has 0 aliphatic heterocycles. The Bertz CT molecular complexity index is 243. The summed E-state index contributed by atoms with van der Waals surface area (Å²) in [5.41, 5.74) is 15.7. The van der Waals surface area contributed by atoms with E-state index >= 15 is 0 Å². The van der Waals surface area contributed by atoms with Gasteiger partial charge in [0.1, 0.15) is 0 Å². The van der Waals surface area contributed by atoms with Crippen molar-refractivity contribution in [2.75, 3.05) is 13.2 Å². The second-order valence-electron chi connectivity index (χ2n) is 4.20. The maximum atomic E-state index is 8.71.